The number of ether oxygens (including phenoxy) is 1. The van der Waals surface area contributed by atoms with Crippen molar-refractivity contribution >= 4 is 0 Å². The van der Waals surface area contributed by atoms with Crippen LogP contribution in [0.5, 0.6) is 0 Å². The van der Waals surface area contributed by atoms with Crippen molar-refractivity contribution in [3.8, 4) is 0 Å². The van der Waals surface area contributed by atoms with E-state index in [0.717, 1.165) is 38.3 Å². The Labute approximate surface area is 115 Å². The Morgan fingerprint density at radius 2 is 2.26 bits per heavy atom. The second kappa shape index (κ2) is 4.84. The lowest BCUT2D eigenvalue weighted by molar-refractivity contribution is 0.193. The SMILES string of the molecule is CNC1CC(C)(C)Cc2nc(C3CCOC3)ncc21. The lowest BCUT2D eigenvalue weighted by Gasteiger charge is -2.36. The van der Waals surface area contributed by atoms with E-state index in [0.29, 0.717) is 17.4 Å². The van der Waals surface area contributed by atoms with Crippen molar-refractivity contribution < 1.29 is 4.74 Å². The summed E-state index contributed by atoms with van der Waals surface area (Å²) >= 11 is 0. The highest BCUT2D eigenvalue weighted by molar-refractivity contribution is 5.27. The number of aromatic nitrogens is 2. The highest BCUT2D eigenvalue weighted by Crippen LogP contribution is 2.40. The molecule has 4 heteroatoms. The van der Waals surface area contributed by atoms with Gasteiger partial charge in [-0.3, -0.25) is 0 Å². The highest BCUT2D eigenvalue weighted by atomic mass is 16.5. The zero-order valence-corrected chi connectivity index (χ0v) is 12.1. The molecule has 1 N–H and O–H groups in total. The molecule has 104 valence electrons. The summed E-state index contributed by atoms with van der Waals surface area (Å²) in [6, 6.07) is 0.382. The van der Waals surface area contributed by atoms with E-state index >= 15 is 0 Å². The maximum absolute atomic E-state index is 5.45. The van der Waals surface area contributed by atoms with Gasteiger partial charge >= 0.3 is 0 Å². The minimum atomic E-state index is 0.304. The zero-order chi connectivity index (χ0) is 13.5. The van der Waals surface area contributed by atoms with E-state index in [9.17, 15) is 0 Å². The number of nitrogens with zero attached hydrogens (tertiary/aromatic N) is 2. The molecule has 2 unspecified atom stereocenters. The molecule has 0 saturated carbocycles. The summed E-state index contributed by atoms with van der Waals surface area (Å²) in [6.07, 6.45) is 5.28. The number of nitrogens with one attached hydrogen (secondary N) is 1. The van der Waals surface area contributed by atoms with Crippen molar-refractivity contribution in [1.82, 2.24) is 15.3 Å². The van der Waals surface area contributed by atoms with Gasteiger partial charge in [-0.2, -0.15) is 0 Å². The van der Waals surface area contributed by atoms with Gasteiger partial charge in [-0.25, -0.2) is 9.97 Å². The van der Waals surface area contributed by atoms with Crippen molar-refractivity contribution in [3.63, 3.8) is 0 Å². The first-order chi connectivity index (χ1) is 9.09. The summed E-state index contributed by atoms with van der Waals surface area (Å²) in [5.41, 5.74) is 2.82. The quantitative estimate of drug-likeness (QED) is 0.886. The molecule has 3 rings (SSSR count). The summed E-state index contributed by atoms with van der Waals surface area (Å²) in [5.74, 6) is 1.37. The molecule has 2 atom stereocenters. The third kappa shape index (κ3) is 2.51. The normalized spacial score (nSPS) is 29.2. The standard InChI is InChI=1S/C15H23N3O/c1-15(2)6-12(16-3)11-8-17-14(18-13(11)7-15)10-4-5-19-9-10/h8,10,12,16H,4-7,9H2,1-3H3. The van der Waals surface area contributed by atoms with Crippen LogP contribution in [0.1, 0.15) is 55.7 Å². The molecule has 2 aliphatic rings. The molecule has 0 amide bonds. The van der Waals surface area contributed by atoms with Crippen LogP contribution >= 0.6 is 0 Å². The molecule has 0 spiro atoms. The lowest BCUT2D eigenvalue weighted by atomic mass is 9.74. The van der Waals surface area contributed by atoms with Crippen LogP contribution in [-0.4, -0.2) is 30.2 Å². The van der Waals surface area contributed by atoms with Crippen molar-refractivity contribution in [2.24, 2.45) is 5.41 Å². The molecule has 1 aliphatic heterocycles. The maximum Gasteiger partial charge on any atom is 0.134 e. The fraction of sp³-hybridized carbons (Fsp3) is 0.733. The Bertz CT molecular complexity index is 466. The summed E-state index contributed by atoms with van der Waals surface area (Å²) in [4.78, 5) is 9.45. The van der Waals surface area contributed by atoms with Gasteiger partial charge in [-0.1, -0.05) is 13.8 Å². The van der Waals surface area contributed by atoms with Gasteiger partial charge in [-0.15, -0.1) is 0 Å². The predicted octanol–water partition coefficient (Wildman–Crippen LogP) is 2.21. The third-order valence-electron chi connectivity index (χ3n) is 4.34. The molecule has 1 saturated heterocycles. The Balaban J connectivity index is 1.94. The lowest BCUT2D eigenvalue weighted by Crippen LogP contribution is -2.33. The summed E-state index contributed by atoms with van der Waals surface area (Å²) in [7, 11) is 2.02. The molecular weight excluding hydrogens is 238 g/mol. The Morgan fingerprint density at radius 3 is 2.95 bits per heavy atom. The van der Waals surface area contributed by atoms with Gasteiger partial charge < -0.3 is 10.1 Å². The number of rotatable bonds is 2. The van der Waals surface area contributed by atoms with Crippen molar-refractivity contribution in [2.45, 2.75) is 45.1 Å². The van der Waals surface area contributed by atoms with Crippen LogP contribution in [-0.2, 0) is 11.2 Å². The number of hydrogen-bond acceptors (Lipinski definition) is 4. The molecule has 0 aromatic carbocycles. The van der Waals surface area contributed by atoms with E-state index in [-0.39, 0.29) is 0 Å². The van der Waals surface area contributed by atoms with E-state index in [2.05, 4.69) is 24.1 Å². The largest absolute Gasteiger partial charge is 0.381 e. The van der Waals surface area contributed by atoms with Crippen molar-refractivity contribution in [2.75, 3.05) is 20.3 Å². The van der Waals surface area contributed by atoms with Crippen LogP contribution < -0.4 is 5.32 Å². The van der Waals surface area contributed by atoms with Gasteiger partial charge in [0.15, 0.2) is 0 Å². The second-order valence-electron chi connectivity index (χ2n) is 6.58. The topological polar surface area (TPSA) is 47.0 Å². The molecule has 1 aromatic heterocycles. The van der Waals surface area contributed by atoms with Gasteiger partial charge in [0.2, 0.25) is 0 Å². The molecule has 1 aromatic rings. The second-order valence-corrected chi connectivity index (χ2v) is 6.58. The molecular formula is C15H23N3O. The first-order valence-electron chi connectivity index (χ1n) is 7.20. The van der Waals surface area contributed by atoms with Crippen LogP contribution in [0.2, 0.25) is 0 Å². The zero-order valence-electron chi connectivity index (χ0n) is 12.1. The molecule has 2 heterocycles. The summed E-state index contributed by atoms with van der Waals surface area (Å²) in [5, 5.41) is 3.40. The monoisotopic (exact) mass is 261 g/mol. The van der Waals surface area contributed by atoms with E-state index in [4.69, 9.17) is 9.72 Å². The molecule has 19 heavy (non-hydrogen) atoms. The van der Waals surface area contributed by atoms with Crippen molar-refractivity contribution in [1.29, 1.82) is 0 Å². The Morgan fingerprint density at radius 1 is 1.42 bits per heavy atom. The van der Waals surface area contributed by atoms with Crippen LogP contribution in [0.15, 0.2) is 6.20 Å². The maximum atomic E-state index is 5.45. The van der Waals surface area contributed by atoms with Crippen LogP contribution in [0, 0.1) is 5.41 Å². The molecule has 4 nitrogen and oxygen atoms in total. The van der Waals surface area contributed by atoms with Gasteiger partial charge in [0, 0.05) is 36.0 Å². The number of hydrogen-bond donors (Lipinski definition) is 1. The van der Waals surface area contributed by atoms with Crippen molar-refractivity contribution in [3.05, 3.63) is 23.3 Å². The first kappa shape index (κ1) is 13.0. The fourth-order valence-electron chi connectivity index (χ4n) is 3.25. The molecule has 1 fully saturated rings. The van der Waals surface area contributed by atoms with E-state index in [1.54, 1.807) is 0 Å². The van der Waals surface area contributed by atoms with E-state index < -0.39 is 0 Å². The molecule has 0 radical (unpaired) electrons. The highest BCUT2D eigenvalue weighted by Gasteiger charge is 2.33. The van der Waals surface area contributed by atoms with Gasteiger partial charge in [0.1, 0.15) is 5.82 Å². The average molecular weight is 261 g/mol. The summed E-state index contributed by atoms with van der Waals surface area (Å²) in [6.45, 7) is 6.26. The Hall–Kier alpha value is -1.00. The van der Waals surface area contributed by atoms with Crippen LogP contribution in [0.3, 0.4) is 0 Å². The van der Waals surface area contributed by atoms with Crippen LogP contribution in [0.25, 0.3) is 0 Å². The van der Waals surface area contributed by atoms with Gasteiger partial charge in [-0.05, 0) is 31.7 Å². The Kier molecular flexibility index (Phi) is 3.31. The third-order valence-corrected chi connectivity index (χ3v) is 4.34. The molecule has 0 bridgehead atoms. The predicted molar refractivity (Wildman–Crippen MR) is 74.1 cm³/mol. The summed E-state index contributed by atoms with van der Waals surface area (Å²) < 4.78 is 5.45. The smallest absolute Gasteiger partial charge is 0.134 e. The number of fused-ring (bicyclic) bond motifs is 1. The first-order valence-corrected chi connectivity index (χ1v) is 7.20. The minimum Gasteiger partial charge on any atom is -0.381 e. The molecule has 1 aliphatic carbocycles. The van der Waals surface area contributed by atoms with Gasteiger partial charge in [0.05, 0.1) is 6.61 Å². The fourth-order valence-corrected chi connectivity index (χ4v) is 3.25. The minimum absolute atomic E-state index is 0.304. The van der Waals surface area contributed by atoms with Crippen LogP contribution in [0.4, 0.5) is 0 Å². The average Bonchev–Trinajstić information content (AvgIpc) is 2.89. The van der Waals surface area contributed by atoms with E-state index in [1.807, 2.05) is 13.2 Å². The van der Waals surface area contributed by atoms with Gasteiger partial charge in [0.25, 0.3) is 0 Å². The van der Waals surface area contributed by atoms with E-state index in [1.165, 1.54) is 11.3 Å².